The van der Waals surface area contributed by atoms with E-state index >= 15 is 0 Å². The lowest BCUT2D eigenvalue weighted by molar-refractivity contribution is -0.135. The summed E-state index contributed by atoms with van der Waals surface area (Å²) < 4.78 is 28.6. The Kier molecular flexibility index (Phi) is 8.21. The highest BCUT2D eigenvalue weighted by molar-refractivity contribution is 9.10. The monoisotopic (exact) mass is 561 g/mol. The van der Waals surface area contributed by atoms with E-state index in [-0.39, 0.29) is 35.7 Å². The summed E-state index contributed by atoms with van der Waals surface area (Å²) in [5.41, 5.74) is 5.95. The van der Waals surface area contributed by atoms with Crippen LogP contribution in [-0.4, -0.2) is 49.1 Å². The van der Waals surface area contributed by atoms with E-state index in [0.717, 1.165) is 8.78 Å². The number of hydrogen-bond acceptors (Lipinski definition) is 4. The average molecular weight is 563 g/mol. The molecule has 1 aliphatic heterocycles. The quantitative estimate of drug-likeness (QED) is 0.556. The Bertz CT molecular complexity index is 1100. The third-order valence-corrected chi connectivity index (χ3v) is 8.43. The van der Waals surface area contributed by atoms with Gasteiger partial charge in [-0.15, -0.1) is 0 Å². The first-order chi connectivity index (χ1) is 15.1. The van der Waals surface area contributed by atoms with Crippen LogP contribution in [0.4, 0.5) is 0 Å². The van der Waals surface area contributed by atoms with Gasteiger partial charge in [0.15, 0.2) is 0 Å². The van der Waals surface area contributed by atoms with Crippen molar-refractivity contribution in [2.75, 3.05) is 19.6 Å². The number of piperidine rings is 1. The van der Waals surface area contributed by atoms with Crippen molar-refractivity contribution >= 4 is 61.0 Å². The molecule has 1 fully saturated rings. The predicted molar refractivity (Wildman–Crippen MR) is 127 cm³/mol. The molecule has 2 amide bonds. The lowest BCUT2D eigenvalue weighted by Gasteiger charge is -2.32. The zero-order valence-electron chi connectivity index (χ0n) is 17.0. The molecule has 2 aromatic carbocycles. The summed E-state index contributed by atoms with van der Waals surface area (Å²) in [4.78, 5) is 26.0. The fraction of sp³-hybridized carbons (Fsp3) is 0.333. The van der Waals surface area contributed by atoms with E-state index in [2.05, 4.69) is 15.9 Å². The molecule has 1 aliphatic rings. The van der Waals surface area contributed by atoms with Crippen molar-refractivity contribution in [1.82, 2.24) is 9.21 Å². The Labute approximate surface area is 205 Å². The van der Waals surface area contributed by atoms with Crippen LogP contribution in [0.3, 0.4) is 0 Å². The Morgan fingerprint density at radius 2 is 1.69 bits per heavy atom. The molecule has 0 spiro atoms. The van der Waals surface area contributed by atoms with Crippen molar-refractivity contribution in [2.24, 2.45) is 11.7 Å². The molecule has 7 nitrogen and oxygen atoms in total. The van der Waals surface area contributed by atoms with Crippen LogP contribution in [0.25, 0.3) is 0 Å². The number of carbonyl (C=O) groups excluding carboxylic acids is 2. The molecule has 1 heterocycles. The first kappa shape index (κ1) is 25.0. The Morgan fingerprint density at radius 1 is 1.06 bits per heavy atom. The summed E-state index contributed by atoms with van der Waals surface area (Å²) in [7, 11) is -3.98. The third-order valence-electron chi connectivity index (χ3n) is 5.36. The molecule has 172 valence electrons. The lowest BCUT2D eigenvalue weighted by atomic mass is 9.96. The molecule has 0 aliphatic carbocycles. The summed E-state index contributed by atoms with van der Waals surface area (Å²) >= 11 is 15.4. The van der Waals surface area contributed by atoms with Crippen LogP contribution < -0.4 is 5.73 Å². The fourth-order valence-corrected chi connectivity index (χ4v) is 5.45. The van der Waals surface area contributed by atoms with Crippen LogP contribution in [0, 0.1) is 5.92 Å². The summed E-state index contributed by atoms with van der Waals surface area (Å²) in [5, 5.41) is 0.649. The molecule has 2 N–H and O–H groups in total. The van der Waals surface area contributed by atoms with Gasteiger partial charge in [0.25, 0.3) is 0 Å². The molecular weight excluding hydrogens is 541 g/mol. The minimum atomic E-state index is -3.98. The minimum Gasteiger partial charge on any atom is -0.369 e. The number of nitrogens with two attached hydrogens (primary N) is 1. The van der Waals surface area contributed by atoms with Gasteiger partial charge in [-0.05, 0) is 54.8 Å². The number of hydrogen-bond donors (Lipinski definition) is 1. The maximum atomic E-state index is 13.4. The van der Waals surface area contributed by atoms with E-state index < -0.39 is 10.0 Å². The molecule has 32 heavy (non-hydrogen) atoms. The average Bonchev–Trinajstić information content (AvgIpc) is 2.76. The zero-order valence-corrected chi connectivity index (χ0v) is 20.9. The minimum absolute atomic E-state index is 0.0568. The van der Waals surface area contributed by atoms with Gasteiger partial charge in [-0.3, -0.25) is 9.59 Å². The first-order valence-electron chi connectivity index (χ1n) is 9.84. The number of benzene rings is 2. The van der Waals surface area contributed by atoms with Crippen molar-refractivity contribution in [3.8, 4) is 0 Å². The molecule has 0 bridgehead atoms. The van der Waals surface area contributed by atoms with Gasteiger partial charge in [0.2, 0.25) is 21.8 Å². The van der Waals surface area contributed by atoms with Gasteiger partial charge >= 0.3 is 0 Å². The van der Waals surface area contributed by atoms with E-state index in [0.29, 0.717) is 41.5 Å². The number of rotatable bonds is 7. The molecule has 1 saturated heterocycles. The lowest BCUT2D eigenvalue weighted by Crippen LogP contribution is -2.46. The molecule has 2 aromatic rings. The second-order valence-electron chi connectivity index (χ2n) is 7.53. The molecule has 3 rings (SSSR count). The second-order valence-corrected chi connectivity index (χ2v) is 11.2. The van der Waals surface area contributed by atoms with Gasteiger partial charge in [-0.2, -0.15) is 4.31 Å². The zero-order chi connectivity index (χ0) is 23.5. The predicted octanol–water partition coefficient (Wildman–Crippen LogP) is 3.67. The van der Waals surface area contributed by atoms with E-state index in [1.165, 1.54) is 12.1 Å². The number of carbonyl (C=O) groups is 2. The number of sulfonamides is 1. The van der Waals surface area contributed by atoms with E-state index in [4.69, 9.17) is 28.9 Å². The number of amides is 2. The van der Waals surface area contributed by atoms with Crippen LogP contribution in [-0.2, 0) is 26.2 Å². The number of halogens is 3. The van der Waals surface area contributed by atoms with Crippen molar-refractivity contribution < 1.29 is 18.0 Å². The number of nitrogens with zero attached hydrogens (tertiary/aromatic N) is 2. The van der Waals surface area contributed by atoms with Gasteiger partial charge < -0.3 is 10.6 Å². The van der Waals surface area contributed by atoms with Crippen LogP contribution in [0.5, 0.6) is 0 Å². The van der Waals surface area contributed by atoms with Crippen molar-refractivity contribution in [1.29, 1.82) is 0 Å². The van der Waals surface area contributed by atoms with Gasteiger partial charge in [-0.25, -0.2) is 8.42 Å². The normalized spacial score (nSPS) is 15.2. The summed E-state index contributed by atoms with van der Waals surface area (Å²) in [6, 6.07) is 11.0. The van der Waals surface area contributed by atoms with Crippen LogP contribution in [0.15, 0.2) is 51.8 Å². The number of likely N-dealkylation sites (tertiary alicyclic amines) is 1. The van der Waals surface area contributed by atoms with Gasteiger partial charge in [0.05, 0.1) is 21.5 Å². The topological polar surface area (TPSA) is 101 Å². The van der Waals surface area contributed by atoms with Crippen molar-refractivity contribution in [3.05, 3.63) is 62.5 Å². The van der Waals surface area contributed by atoms with Crippen molar-refractivity contribution in [2.45, 2.75) is 24.3 Å². The van der Waals surface area contributed by atoms with Crippen LogP contribution in [0.2, 0.25) is 10.0 Å². The maximum Gasteiger partial charge on any atom is 0.243 e. The molecule has 0 radical (unpaired) electrons. The van der Waals surface area contributed by atoms with Gasteiger partial charge in [-0.1, -0.05) is 45.2 Å². The molecule has 0 atom stereocenters. The summed E-state index contributed by atoms with van der Waals surface area (Å²) in [6.45, 7) is 0.301. The van der Waals surface area contributed by atoms with Gasteiger partial charge in [0, 0.05) is 30.0 Å². The first-order valence-corrected chi connectivity index (χ1v) is 12.8. The Hall–Kier alpha value is -1.65. The standard InChI is InChI=1S/C21H22BrCl2N3O4S/c22-16-2-4-17(5-3-16)32(30,31)27(12-14-1-6-18(23)19(24)11-14)13-20(28)26-9-7-15(8-10-26)21(25)29/h1-6,11,15H,7-10,12-13H2,(H2,25,29). The summed E-state index contributed by atoms with van der Waals surface area (Å²) in [6.07, 6.45) is 0.931. The highest BCUT2D eigenvalue weighted by atomic mass is 79.9. The smallest absolute Gasteiger partial charge is 0.243 e. The molecule has 11 heteroatoms. The Balaban J connectivity index is 1.84. The second kappa shape index (κ2) is 10.5. The molecule has 0 unspecified atom stereocenters. The SMILES string of the molecule is NC(=O)C1CCN(C(=O)CN(Cc2ccc(Cl)c(Cl)c2)S(=O)(=O)c2ccc(Br)cc2)CC1. The highest BCUT2D eigenvalue weighted by Crippen LogP contribution is 2.26. The van der Waals surface area contributed by atoms with Gasteiger partial charge in [0.1, 0.15) is 0 Å². The van der Waals surface area contributed by atoms with Crippen LogP contribution in [0.1, 0.15) is 18.4 Å². The molecular formula is C21H22BrCl2N3O4S. The van der Waals surface area contributed by atoms with E-state index in [1.54, 1.807) is 35.2 Å². The molecule has 0 saturated carbocycles. The number of primary amides is 1. The van der Waals surface area contributed by atoms with Crippen LogP contribution >= 0.6 is 39.1 Å². The Morgan fingerprint density at radius 3 is 2.25 bits per heavy atom. The highest BCUT2D eigenvalue weighted by Gasteiger charge is 2.31. The third kappa shape index (κ3) is 6.02. The molecule has 0 aromatic heterocycles. The maximum absolute atomic E-state index is 13.4. The van der Waals surface area contributed by atoms with E-state index in [9.17, 15) is 18.0 Å². The largest absolute Gasteiger partial charge is 0.369 e. The summed E-state index contributed by atoms with van der Waals surface area (Å²) in [5.74, 6) is -0.984. The van der Waals surface area contributed by atoms with Crippen molar-refractivity contribution in [3.63, 3.8) is 0 Å². The fourth-order valence-electron chi connectivity index (χ4n) is 3.49. The van der Waals surface area contributed by atoms with E-state index in [1.807, 2.05) is 0 Å².